The number of amidine groups is 1. The van der Waals surface area contributed by atoms with Crippen molar-refractivity contribution in [2.45, 2.75) is 12.8 Å². The normalized spacial score (nSPS) is 18.4. The predicted molar refractivity (Wildman–Crippen MR) is 60.8 cm³/mol. The summed E-state index contributed by atoms with van der Waals surface area (Å²) in [6, 6.07) is 5.99. The van der Waals surface area contributed by atoms with Gasteiger partial charge in [0.2, 0.25) is 0 Å². The van der Waals surface area contributed by atoms with E-state index < -0.39 is 0 Å². The lowest BCUT2D eigenvalue weighted by Crippen LogP contribution is -2.41. The van der Waals surface area contributed by atoms with Gasteiger partial charge in [-0.2, -0.15) is 5.10 Å². The second kappa shape index (κ2) is 3.59. The minimum absolute atomic E-state index is 0.722. The fourth-order valence-corrected chi connectivity index (χ4v) is 2.03. The number of halogens is 1. The predicted octanol–water partition coefficient (Wildman–Crippen LogP) is 1.35. The molecule has 0 saturated carbocycles. The number of nitrogens with two attached hydrogens (primary N) is 2. The van der Waals surface area contributed by atoms with E-state index in [2.05, 4.69) is 27.1 Å². The van der Waals surface area contributed by atoms with E-state index in [-0.39, 0.29) is 0 Å². The number of nitrogens with zero attached hydrogens (tertiary/aromatic N) is 2. The lowest BCUT2D eigenvalue weighted by Gasteiger charge is -2.27. The van der Waals surface area contributed by atoms with E-state index >= 15 is 0 Å². The summed E-state index contributed by atoms with van der Waals surface area (Å²) < 4.78 is 1.07. The molecule has 2 rings (SSSR count). The van der Waals surface area contributed by atoms with Crippen molar-refractivity contribution >= 4 is 27.5 Å². The Hall–Kier alpha value is -1.07. The second-order valence-corrected chi connectivity index (χ2v) is 4.10. The quantitative estimate of drug-likeness (QED) is 0.543. The molecule has 1 aliphatic rings. The highest BCUT2D eigenvalue weighted by Crippen LogP contribution is 2.28. The van der Waals surface area contributed by atoms with E-state index in [1.807, 2.05) is 12.1 Å². The average Bonchev–Trinajstić information content (AvgIpc) is 2.18. The molecule has 0 amide bonds. The number of hydrazone groups is 1. The fraction of sp³-hybridized carbons (Fsp3) is 0.222. The third kappa shape index (κ3) is 1.49. The number of anilines is 1. The van der Waals surface area contributed by atoms with Crippen molar-refractivity contribution in [3.8, 4) is 0 Å². The van der Waals surface area contributed by atoms with Gasteiger partial charge in [0.25, 0.3) is 0 Å². The first-order chi connectivity index (χ1) is 6.72. The number of fused-ring (bicyclic) bond motifs is 1. The molecular formula is C9H11BrN4. The van der Waals surface area contributed by atoms with Gasteiger partial charge >= 0.3 is 0 Å². The van der Waals surface area contributed by atoms with Crippen LogP contribution in [0.3, 0.4) is 0 Å². The van der Waals surface area contributed by atoms with Gasteiger partial charge in [0.05, 0.1) is 5.69 Å². The van der Waals surface area contributed by atoms with Crippen LogP contribution in [0.1, 0.15) is 12.0 Å². The van der Waals surface area contributed by atoms with Crippen molar-refractivity contribution in [3.05, 3.63) is 28.2 Å². The van der Waals surface area contributed by atoms with E-state index in [1.54, 1.807) is 5.01 Å². The van der Waals surface area contributed by atoms with Crippen molar-refractivity contribution in [3.63, 3.8) is 0 Å². The topological polar surface area (TPSA) is 67.6 Å². The molecule has 0 aromatic heterocycles. The number of hydrazine groups is 1. The highest BCUT2D eigenvalue weighted by atomic mass is 79.9. The number of benzene rings is 1. The van der Waals surface area contributed by atoms with Crippen molar-refractivity contribution in [2.75, 3.05) is 5.01 Å². The molecule has 0 bridgehead atoms. The summed E-state index contributed by atoms with van der Waals surface area (Å²) in [4.78, 5) is 0. The van der Waals surface area contributed by atoms with Crippen LogP contribution in [0.15, 0.2) is 27.8 Å². The SMILES string of the molecule is N/N=C1/CCc2cc(Br)ccc2N1N. The maximum atomic E-state index is 5.86. The van der Waals surface area contributed by atoms with E-state index in [4.69, 9.17) is 11.7 Å². The Bertz CT molecular complexity index is 388. The zero-order valence-corrected chi connectivity index (χ0v) is 9.16. The maximum Gasteiger partial charge on any atom is 0.143 e. The van der Waals surface area contributed by atoms with E-state index in [1.165, 1.54) is 5.56 Å². The van der Waals surface area contributed by atoms with Crippen LogP contribution in [0.4, 0.5) is 5.69 Å². The standard InChI is InChI=1S/C9H11BrN4/c10-7-2-3-8-6(5-7)1-4-9(13-11)14(8)12/h2-3,5H,1,4,11-12H2/b13-9-. The molecule has 4 nitrogen and oxygen atoms in total. The van der Waals surface area contributed by atoms with E-state index in [0.717, 1.165) is 28.8 Å². The lowest BCUT2D eigenvalue weighted by atomic mass is 10.0. The summed E-state index contributed by atoms with van der Waals surface area (Å²) >= 11 is 3.43. The molecule has 1 aliphatic heterocycles. The largest absolute Gasteiger partial charge is 0.322 e. The zero-order chi connectivity index (χ0) is 10.1. The van der Waals surface area contributed by atoms with Crippen LogP contribution in [0, 0.1) is 0 Å². The Morgan fingerprint density at radius 1 is 1.36 bits per heavy atom. The number of aryl methyl sites for hydroxylation is 1. The molecule has 0 atom stereocenters. The molecular weight excluding hydrogens is 244 g/mol. The van der Waals surface area contributed by atoms with Gasteiger partial charge in [-0.25, -0.2) is 5.84 Å². The minimum atomic E-state index is 0.722. The molecule has 0 saturated heterocycles. The van der Waals surface area contributed by atoms with Gasteiger partial charge in [-0.15, -0.1) is 0 Å². The summed E-state index contributed by atoms with van der Waals surface area (Å²) in [5.41, 5.74) is 2.19. The van der Waals surface area contributed by atoms with Crippen LogP contribution in [0.25, 0.3) is 0 Å². The first-order valence-electron chi connectivity index (χ1n) is 4.32. The Kier molecular flexibility index (Phi) is 2.43. The van der Waals surface area contributed by atoms with E-state index in [9.17, 15) is 0 Å². The van der Waals surface area contributed by atoms with Crippen molar-refractivity contribution in [1.82, 2.24) is 0 Å². The molecule has 0 aliphatic carbocycles. The van der Waals surface area contributed by atoms with Gasteiger partial charge < -0.3 is 5.84 Å². The summed E-state index contributed by atoms with van der Waals surface area (Å²) in [6.45, 7) is 0. The summed E-state index contributed by atoms with van der Waals surface area (Å²) in [5.74, 6) is 11.8. The number of hydrogen-bond donors (Lipinski definition) is 2. The Morgan fingerprint density at radius 3 is 2.86 bits per heavy atom. The third-order valence-electron chi connectivity index (χ3n) is 2.35. The van der Waals surface area contributed by atoms with Crippen molar-refractivity contribution in [2.24, 2.45) is 16.8 Å². The van der Waals surface area contributed by atoms with Crippen LogP contribution in [-0.4, -0.2) is 5.84 Å². The van der Waals surface area contributed by atoms with Crippen LogP contribution in [0.5, 0.6) is 0 Å². The Morgan fingerprint density at radius 2 is 2.14 bits per heavy atom. The van der Waals surface area contributed by atoms with Gasteiger partial charge in [-0.1, -0.05) is 15.9 Å². The molecule has 1 aromatic rings. The lowest BCUT2D eigenvalue weighted by molar-refractivity contribution is 0.911. The molecule has 74 valence electrons. The molecule has 0 unspecified atom stereocenters. The molecule has 0 radical (unpaired) electrons. The summed E-state index contributed by atoms with van der Waals surface area (Å²) in [7, 11) is 0. The van der Waals surface area contributed by atoms with Gasteiger partial charge in [0, 0.05) is 10.9 Å². The second-order valence-electron chi connectivity index (χ2n) is 3.19. The molecule has 4 N–H and O–H groups in total. The Balaban J connectivity index is 2.46. The molecule has 1 aromatic carbocycles. The highest BCUT2D eigenvalue weighted by Gasteiger charge is 2.19. The molecule has 1 heterocycles. The highest BCUT2D eigenvalue weighted by molar-refractivity contribution is 9.10. The maximum absolute atomic E-state index is 5.86. The van der Waals surface area contributed by atoms with Gasteiger partial charge in [0.15, 0.2) is 0 Å². The minimum Gasteiger partial charge on any atom is -0.322 e. The van der Waals surface area contributed by atoms with Gasteiger partial charge in [-0.05, 0) is 30.2 Å². The molecule has 0 spiro atoms. The van der Waals surface area contributed by atoms with Crippen LogP contribution in [0.2, 0.25) is 0 Å². The average molecular weight is 255 g/mol. The van der Waals surface area contributed by atoms with E-state index in [0.29, 0.717) is 0 Å². The smallest absolute Gasteiger partial charge is 0.143 e. The number of rotatable bonds is 0. The van der Waals surface area contributed by atoms with Crippen LogP contribution in [-0.2, 0) is 6.42 Å². The van der Waals surface area contributed by atoms with Crippen molar-refractivity contribution < 1.29 is 0 Å². The molecule has 5 heteroatoms. The third-order valence-corrected chi connectivity index (χ3v) is 2.84. The molecule has 0 fully saturated rings. The van der Waals surface area contributed by atoms with Gasteiger partial charge in [-0.3, -0.25) is 5.01 Å². The zero-order valence-electron chi connectivity index (χ0n) is 7.57. The van der Waals surface area contributed by atoms with Crippen molar-refractivity contribution in [1.29, 1.82) is 0 Å². The first-order valence-corrected chi connectivity index (χ1v) is 5.11. The Labute approximate surface area is 90.7 Å². The van der Waals surface area contributed by atoms with Crippen LogP contribution < -0.4 is 16.7 Å². The summed E-state index contributed by atoms with van der Waals surface area (Å²) in [5, 5.41) is 5.20. The first kappa shape index (κ1) is 9.48. The summed E-state index contributed by atoms with van der Waals surface area (Å²) in [6.07, 6.45) is 1.72. The molecule has 14 heavy (non-hydrogen) atoms. The number of hydrogen-bond acceptors (Lipinski definition) is 3. The monoisotopic (exact) mass is 254 g/mol. The van der Waals surface area contributed by atoms with Crippen LogP contribution >= 0.6 is 15.9 Å². The fourth-order valence-electron chi connectivity index (χ4n) is 1.62. The van der Waals surface area contributed by atoms with Gasteiger partial charge in [0.1, 0.15) is 5.84 Å².